The first kappa shape index (κ1) is 10.8. The summed E-state index contributed by atoms with van der Waals surface area (Å²) in [7, 11) is 0. The van der Waals surface area contributed by atoms with E-state index >= 15 is 0 Å². The first-order valence-corrected chi connectivity index (χ1v) is 5.46. The second-order valence-electron chi connectivity index (χ2n) is 4.24. The van der Waals surface area contributed by atoms with E-state index in [0.29, 0.717) is 0 Å². The molecule has 0 unspecified atom stereocenters. The van der Waals surface area contributed by atoms with Gasteiger partial charge in [0.15, 0.2) is 0 Å². The van der Waals surface area contributed by atoms with Crippen molar-refractivity contribution in [1.82, 2.24) is 9.97 Å². The van der Waals surface area contributed by atoms with Gasteiger partial charge in [-0.3, -0.25) is 9.97 Å². The molecule has 0 saturated carbocycles. The van der Waals surface area contributed by atoms with E-state index in [2.05, 4.69) is 42.0 Å². The molecule has 2 rings (SSSR count). The average molecular weight is 212 g/mol. The molecule has 0 atom stereocenters. The molecule has 16 heavy (non-hydrogen) atoms. The lowest BCUT2D eigenvalue weighted by Crippen LogP contribution is -1.93. The molecule has 0 N–H and O–H groups in total. The van der Waals surface area contributed by atoms with Crippen LogP contribution in [0, 0.1) is 27.7 Å². The number of hydrogen-bond donors (Lipinski definition) is 0. The lowest BCUT2D eigenvalue weighted by atomic mass is 10.1. The van der Waals surface area contributed by atoms with Gasteiger partial charge in [-0.25, -0.2) is 0 Å². The van der Waals surface area contributed by atoms with Crippen LogP contribution in [0.15, 0.2) is 24.4 Å². The topological polar surface area (TPSA) is 25.8 Å². The molecule has 0 fully saturated rings. The summed E-state index contributed by atoms with van der Waals surface area (Å²) in [5, 5.41) is 0. The first-order chi connectivity index (χ1) is 7.58. The molecular weight excluding hydrogens is 196 g/mol. The van der Waals surface area contributed by atoms with E-state index in [4.69, 9.17) is 0 Å². The van der Waals surface area contributed by atoms with Crippen LogP contribution < -0.4 is 0 Å². The largest absolute Gasteiger partial charge is 0.261 e. The van der Waals surface area contributed by atoms with Crippen LogP contribution in [0.25, 0.3) is 11.3 Å². The molecule has 0 amide bonds. The molecule has 0 aliphatic rings. The van der Waals surface area contributed by atoms with Gasteiger partial charge in [-0.1, -0.05) is 6.07 Å². The monoisotopic (exact) mass is 212 g/mol. The molecule has 82 valence electrons. The molecule has 2 nitrogen and oxygen atoms in total. The molecule has 0 spiro atoms. The highest BCUT2D eigenvalue weighted by atomic mass is 14.7. The third-order valence-corrected chi connectivity index (χ3v) is 2.87. The van der Waals surface area contributed by atoms with E-state index in [1.54, 1.807) is 0 Å². The summed E-state index contributed by atoms with van der Waals surface area (Å²) in [5.41, 5.74) is 6.70. The van der Waals surface area contributed by atoms with Crippen LogP contribution in [0.1, 0.15) is 22.5 Å². The number of aryl methyl sites for hydroxylation is 4. The molecule has 2 heteroatoms. The summed E-state index contributed by atoms with van der Waals surface area (Å²) in [6.07, 6.45) is 1.90. The van der Waals surface area contributed by atoms with Crippen LogP contribution in [-0.2, 0) is 0 Å². The third kappa shape index (κ3) is 1.96. The van der Waals surface area contributed by atoms with Gasteiger partial charge >= 0.3 is 0 Å². The highest BCUT2D eigenvalue weighted by molar-refractivity contribution is 5.62. The van der Waals surface area contributed by atoms with E-state index < -0.39 is 0 Å². The Kier molecular flexibility index (Phi) is 2.73. The highest BCUT2D eigenvalue weighted by Crippen LogP contribution is 2.22. The quantitative estimate of drug-likeness (QED) is 0.724. The van der Waals surface area contributed by atoms with Crippen molar-refractivity contribution in [3.8, 4) is 11.3 Å². The van der Waals surface area contributed by atoms with Crippen molar-refractivity contribution in [1.29, 1.82) is 0 Å². The van der Waals surface area contributed by atoms with E-state index in [9.17, 15) is 0 Å². The van der Waals surface area contributed by atoms with Crippen LogP contribution in [-0.4, -0.2) is 9.97 Å². The van der Waals surface area contributed by atoms with Crippen molar-refractivity contribution in [2.45, 2.75) is 27.7 Å². The van der Waals surface area contributed by atoms with Crippen LogP contribution in [0.3, 0.4) is 0 Å². The number of rotatable bonds is 1. The van der Waals surface area contributed by atoms with E-state index in [-0.39, 0.29) is 0 Å². The minimum atomic E-state index is 1.01. The van der Waals surface area contributed by atoms with Crippen molar-refractivity contribution in [3.63, 3.8) is 0 Å². The maximum Gasteiger partial charge on any atom is 0.0723 e. The van der Waals surface area contributed by atoms with Gasteiger partial charge in [-0.15, -0.1) is 0 Å². The number of pyridine rings is 2. The fraction of sp³-hybridized carbons (Fsp3) is 0.286. The molecule has 0 aliphatic carbocycles. The second kappa shape index (κ2) is 4.05. The Labute approximate surface area is 96.4 Å². The third-order valence-electron chi connectivity index (χ3n) is 2.87. The lowest BCUT2D eigenvalue weighted by molar-refractivity contribution is 1.13. The van der Waals surface area contributed by atoms with Crippen LogP contribution in [0.2, 0.25) is 0 Å². The number of nitrogens with zero attached hydrogens (tertiary/aromatic N) is 2. The van der Waals surface area contributed by atoms with Gasteiger partial charge in [0.25, 0.3) is 0 Å². The van der Waals surface area contributed by atoms with E-state index in [1.807, 2.05) is 20.0 Å². The lowest BCUT2D eigenvalue weighted by Gasteiger charge is -2.07. The Bertz CT molecular complexity index is 530. The van der Waals surface area contributed by atoms with Gasteiger partial charge in [0, 0.05) is 23.1 Å². The Morgan fingerprint density at radius 3 is 2.31 bits per heavy atom. The molecule has 2 heterocycles. The van der Waals surface area contributed by atoms with Crippen molar-refractivity contribution in [2.24, 2.45) is 0 Å². The van der Waals surface area contributed by atoms with Gasteiger partial charge in [-0.2, -0.15) is 0 Å². The Balaban J connectivity index is 2.54. The molecule has 0 aromatic carbocycles. The molecule has 0 radical (unpaired) electrons. The fourth-order valence-electron chi connectivity index (χ4n) is 1.75. The summed E-state index contributed by atoms with van der Waals surface area (Å²) in [5.74, 6) is 0. The van der Waals surface area contributed by atoms with Gasteiger partial charge in [0.1, 0.15) is 0 Å². The molecule has 0 saturated heterocycles. The molecule has 2 aromatic rings. The maximum absolute atomic E-state index is 4.59. The normalized spacial score (nSPS) is 10.5. The fourth-order valence-corrected chi connectivity index (χ4v) is 1.75. The zero-order chi connectivity index (χ0) is 11.7. The van der Waals surface area contributed by atoms with Crippen molar-refractivity contribution >= 4 is 0 Å². The van der Waals surface area contributed by atoms with E-state index in [0.717, 1.165) is 22.6 Å². The Hall–Kier alpha value is -1.70. The maximum atomic E-state index is 4.59. The van der Waals surface area contributed by atoms with Crippen LogP contribution >= 0.6 is 0 Å². The molecular formula is C14H16N2. The van der Waals surface area contributed by atoms with Crippen molar-refractivity contribution < 1.29 is 0 Å². The molecule has 0 bridgehead atoms. The smallest absolute Gasteiger partial charge is 0.0723 e. The van der Waals surface area contributed by atoms with Crippen molar-refractivity contribution in [2.75, 3.05) is 0 Å². The highest BCUT2D eigenvalue weighted by Gasteiger charge is 2.05. The number of hydrogen-bond acceptors (Lipinski definition) is 2. The Morgan fingerprint density at radius 2 is 1.69 bits per heavy atom. The Morgan fingerprint density at radius 1 is 0.938 bits per heavy atom. The molecule has 2 aromatic heterocycles. The zero-order valence-electron chi connectivity index (χ0n) is 10.2. The summed E-state index contributed by atoms with van der Waals surface area (Å²) < 4.78 is 0. The average Bonchev–Trinajstić information content (AvgIpc) is 2.22. The predicted molar refractivity (Wildman–Crippen MR) is 66.4 cm³/mol. The summed E-state index contributed by atoms with van der Waals surface area (Å²) in [6.45, 7) is 8.22. The number of aromatic nitrogens is 2. The first-order valence-electron chi connectivity index (χ1n) is 5.46. The van der Waals surface area contributed by atoms with Crippen molar-refractivity contribution in [3.05, 3.63) is 46.9 Å². The minimum absolute atomic E-state index is 1.01. The standard InChI is InChI=1S/C14H16N2/c1-9-5-6-14(16-12(9)4)13-8-15-11(3)7-10(13)2/h5-8H,1-4H3. The summed E-state index contributed by atoms with van der Waals surface area (Å²) in [6, 6.07) is 6.25. The van der Waals surface area contributed by atoms with Crippen LogP contribution in [0.4, 0.5) is 0 Å². The van der Waals surface area contributed by atoms with Gasteiger partial charge in [0.2, 0.25) is 0 Å². The van der Waals surface area contributed by atoms with Gasteiger partial charge in [0.05, 0.1) is 5.69 Å². The zero-order valence-corrected chi connectivity index (χ0v) is 10.2. The van der Waals surface area contributed by atoms with E-state index in [1.165, 1.54) is 11.1 Å². The summed E-state index contributed by atoms with van der Waals surface area (Å²) >= 11 is 0. The van der Waals surface area contributed by atoms with Gasteiger partial charge in [-0.05, 0) is 51.0 Å². The SMILES string of the molecule is Cc1cc(C)c(-c2ccc(C)c(C)n2)cn1. The minimum Gasteiger partial charge on any atom is -0.261 e. The predicted octanol–water partition coefficient (Wildman–Crippen LogP) is 3.38. The molecule has 0 aliphatic heterocycles. The second-order valence-corrected chi connectivity index (χ2v) is 4.24. The van der Waals surface area contributed by atoms with Gasteiger partial charge < -0.3 is 0 Å². The van der Waals surface area contributed by atoms with Crippen LogP contribution in [0.5, 0.6) is 0 Å². The summed E-state index contributed by atoms with van der Waals surface area (Å²) in [4.78, 5) is 8.92.